The summed E-state index contributed by atoms with van der Waals surface area (Å²) < 4.78 is 98.2. The molecule has 2 aromatic heterocycles. The summed E-state index contributed by atoms with van der Waals surface area (Å²) in [5.74, 6) is -2.79. The summed E-state index contributed by atoms with van der Waals surface area (Å²) in [6, 6.07) is 0.170. The fraction of sp³-hybridized carbons (Fsp3) is 0.375. The summed E-state index contributed by atoms with van der Waals surface area (Å²) >= 11 is 0. The van der Waals surface area contributed by atoms with Crippen molar-refractivity contribution in [1.29, 1.82) is 0 Å². The zero-order valence-electron chi connectivity index (χ0n) is 19.5. The number of nitrogens with one attached hydrogen (secondary N) is 1. The summed E-state index contributed by atoms with van der Waals surface area (Å²) in [5, 5.41) is 11.2. The molecule has 3 heterocycles. The van der Waals surface area contributed by atoms with Crippen LogP contribution in [0.2, 0.25) is 0 Å². The van der Waals surface area contributed by atoms with E-state index in [0.29, 0.717) is 35.8 Å². The molecule has 0 spiro atoms. The fourth-order valence-electron chi connectivity index (χ4n) is 4.36. The van der Waals surface area contributed by atoms with E-state index in [1.807, 2.05) is 5.32 Å². The van der Waals surface area contributed by atoms with Crippen LogP contribution < -0.4 is 15.8 Å². The van der Waals surface area contributed by atoms with Gasteiger partial charge in [0, 0.05) is 36.6 Å². The van der Waals surface area contributed by atoms with Crippen LogP contribution in [0.4, 0.5) is 42.2 Å². The highest BCUT2D eigenvalue weighted by molar-refractivity contribution is 5.94. The third-order valence-electron chi connectivity index (χ3n) is 6.18. The number of pyridine rings is 1. The van der Waals surface area contributed by atoms with Crippen LogP contribution in [0.1, 0.15) is 53.2 Å². The zero-order chi connectivity index (χ0) is 27.8. The standard InChI is InChI=1S/C24H21F7N4O3/c25-14-5-6-17(15(10-14)22(37)38)32-20(24(29,30)31)16-9-13(23(26,27)28)12-35-19(36)11-18(33-21(16)35)34-7-3-1-2-4-8-34/h5-6,9-12,20,32H,1-4,7-8H2,(H,37,38). The summed E-state index contributed by atoms with van der Waals surface area (Å²) in [5.41, 5.74) is -5.86. The molecule has 1 aromatic carbocycles. The van der Waals surface area contributed by atoms with Crippen molar-refractivity contribution in [2.45, 2.75) is 44.1 Å². The molecule has 0 amide bonds. The first-order chi connectivity index (χ1) is 17.8. The third kappa shape index (κ3) is 5.68. The van der Waals surface area contributed by atoms with E-state index in [1.165, 1.54) is 0 Å². The normalized spacial score (nSPS) is 15.8. The highest BCUT2D eigenvalue weighted by atomic mass is 19.4. The van der Waals surface area contributed by atoms with Crippen molar-refractivity contribution in [2.75, 3.05) is 23.3 Å². The second-order valence-corrected chi connectivity index (χ2v) is 8.84. The average molecular weight is 546 g/mol. The Bertz CT molecular complexity index is 1410. The van der Waals surface area contributed by atoms with E-state index in [4.69, 9.17) is 0 Å². The number of hydrogen-bond acceptors (Lipinski definition) is 5. The minimum absolute atomic E-state index is 0.0202. The zero-order valence-corrected chi connectivity index (χ0v) is 19.5. The number of rotatable bonds is 5. The van der Waals surface area contributed by atoms with Gasteiger partial charge in [0.2, 0.25) is 0 Å². The van der Waals surface area contributed by atoms with Gasteiger partial charge in [0.25, 0.3) is 5.56 Å². The van der Waals surface area contributed by atoms with E-state index in [0.717, 1.165) is 37.8 Å². The Morgan fingerprint density at radius 1 is 1.00 bits per heavy atom. The molecule has 14 heteroatoms. The van der Waals surface area contributed by atoms with Crippen LogP contribution in [0.3, 0.4) is 0 Å². The molecule has 1 fully saturated rings. The van der Waals surface area contributed by atoms with E-state index in [1.54, 1.807) is 4.90 Å². The van der Waals surface area contributed by atoms with Gasteiger partial charge in [-0.1, -0.05) is 12.8 Å². The third-order valence-corrected chi connectivity index (χ3v) is 6.18. The van der Waals surface area contributed by atoms with Gasteiger partial charge < -0.3 is 15.3 Å². The van der Waals surface area contributed by atoms with Crippen molar-refractivity contribution in [2.24, 2.45) is 0 Å². The summed E-state index contributed by atoms with van der Waals surface area (Å²) in [7, 11) is 0. The fourth-order valence-corrected chi connectivity index (χ4v) is 4.36. The van der Waals surface area contributed by atoms with E-state index in [2.05, 4.69) is 4.98 Å². The molecule has 0 bridgehead atoms. The maximum absolute atomic E-state index is 14.4. The number of hydrogen-bond donors (Lipinski definition) is 2. The van der Waals surface area contributed by atoms with E-state index in [-0.39, 0.29) is 11.9 Å². The Kier molecular flexibility index (Phi) is 7.26. The van der Waals surface area contributed by atoms with Crippen LogP contribution in [0.25, 0.3) is 5.65 Å². The summed E-state index contributed by atoms with van der Waals surface area (Å²) in [6.07, 6.45) is -6.78. The number of halogens is 7. The van der Waals surface area contributed by atoms with Crippen molar-refractivity contribution in [3.8, 4) is 0 Å². The minimum atomic E-state index is -5.29. The Morgan fingerprint density at radius 3 is 2.24 bits per heavy atom. The molecule has 1 atom stereocenters. The number of aromatic nitrogens is 2. The molecule has 3 aromatic rings. The van der Waals surface area contributed by atoms with Crippen molar-refractivity contribution >= 4 is 23.1 Å². The molecular formula is C24H21F7N4O3. The number of alkyl halides is 6. The lowest BCUT2D eigenvalue weighted by molar-refractivity contribution is -0.145. The van der Waals surface area contributed by atoms with Crippen LogP contribution in [-0.4, -0.2) is 39.7 Å². The Hall–Kier alpha value is -3.84. The number of aromatic carboxylic acids is 1. The molecule has 1 aliphatic heterocycles. The quantitative estimate of drug-likeness (QED) is 0.403. The molecule has 1 saturated heterocycles. The molecule has 1 unspecified atom stereocenters. The number of carboxylic acids is 1. The van der Waals surface area contributed by atoms with Crippen molar-refractivity contribution in [1.82, 2.24) is 9.38 Å². The van der Waals surface area contributed by atoms with Crippen LogP contribution in [0.15, 0.2) is 41.3 Å². The van der Waals surface area contributed by atoms with E-state index >= 15 is 0 Å². The van der Waals surface area contributed by atoms with Gasteiger partial charge >= 0.3 is 18.3 Å². The second-order valence-electron chi connectivity index (χ2n) is 8.84. The molecule has 7 nitrogen and oxygen atoms in total. The Morgan fingerprint density at radius 2 is 1.66 bits per heavy atom. The largest absolute Gasteiger partial charge is 0.478 e. The number of anilines is 2. The van der Waals surface area contributed by atoms with Gasteiger partial charge in [-0.15, -0.1) is 0 Å². The van der Waals surface area contributed by atoms with E-state index < -0.39 is 63.8 Å². The Balaban J connectivity index is 1.97. The SMILES string of the molecule is O=C(O)c1cc(F)ccc1NC(c1cc(C(F)(F)F)cn2c(=O)cc(N3CCCCCC3)nc12)C(F)(F)F. The van der Waals surface area contributed by atoms with Gasteiger partial charge in [0.05, 0.1) is 11.1 Å². The van der Waals surface area contributed by atoms with Gasteiger partial charge in [0.15, 0.2) is 6.04 Å². The van der Waals surface area contributed by atoms with Crippen molar-refractivity contribution < 1.29 is 40.6 Å². The van der Waals surface area contributed by atoms with Gasteiger partial charge in [-0.05, 0) is 37.1 Å². The summed E-state index contributed by atoms with van der Waals surface area (Å²) in [6.45, 7) is 0.911. The number of carboxylic acid groups (broad SMARTS) is 1. The number of nitrogens with zero attached hydrogens (tertiary/aromatic N) is 3. The van der Waals surface area contributed by atoms with Gasteiger partial charge in [-0.2, -0.15) is 26.3 Å². The molecule has 204 valence electrons. The van der Waals surface area contributed by atoms with Crippen molar-refractivity contribution in [3.05, 3.63) is 69.4 Å². The molecule has 1 aliphatic rings. The molecule has 0 radical (unpaired) electrons. The molecule has 38 heavy (non-hydrogen) atoms. The lowest BCUT2D eigenvalue weighted by Crippen LogP contribution is -2.32. The predicted molar refractivity (Wildman–Crippen MR) is 123 cm³/mol. The highest BCUT2D eigenvalue weighted by Gasteiger charge is 2.44. The molecular weight excluding hydrogens is 525 g/mol. The smallest absolute Gasteiger partial charge is 0.417 e. The molecule has 0 aliphatic carbocycles. The van der Waals surface area contributed by atoms with Gasteiger partial charge in [-0.25, -0.2) is 14.2 Å². The average Bonchev–Trinajstić information content (AvgIpc) is 3.11. The first-order valence-corrected chi connectivity index (χ1v) is 11.5. The lowest BCUT2D eigenvalue weighted by atomic mass is 10.0. The van der Waals surface area contributed by atoms with Crippen LogP contribution in [-0.2, 0) is 6.18 Å². The van der Waals surface area contributed by atoms with Crippen molar-refractivity contribution in [3.63, 3.8) is 0 Å². The minimum Gasteiger partial charge on any atom is -0.478 e. The predicted octanol–water partition coefficient (Wildman–Crippen LogP) is 5.65. The molecule has 0 saturated carbocycles. The number of benzene rings is 1. The highest BCUT2D eigenvalue weighted by Crippen LogP contribution is 2.40. The first-order valence-electron chi connectivity index (χ1n) is 11.5. The second kappa shape index (κ2) is 10.1. The summed E-state index contributed by atoms with van der Waals surface area (Å²) in [4.78, 5) is 30.3. The maximum Gasteiger partial charge on any atom is 0.417 e. The van der Waals surface area contributed by atoms with Crippen LogP contribution in [0, 0.1) is 5.82 Å². The lowest BCUT2D eigenvalue weighted by Gasteiger charge is -2.27. The maximum atomic E-state index is 14.4. The number of carbonyl (C=O) groups is 1. The monoisotopic (exact) mass is 546 g/mol. The van der Waals surface area contributed by atoms with Gasteiger partial charge in [-0.3, -0.25) is 9.20 Å². The Labute approximate surface area is 210 Å². The topological polar surface area (TPSA) is 86.9 Å². The number of fused-ring (bicyclic) bond motifs is 1. The molecule has 2 N–H and O–H groups in total. The van der Waals surface area contributed by atoms with Crippen LogP contribution in [0.5, 0.6) is 0 Å². The van der Waals surface area contributed by atoms with Gasteiger partial charge in [0.1, 0.15) is 17.3 Å². The molecule has 4 rings (SSSR count). The van der Waals surface area contributed by atoms with E-state index in [9.17, 15) is 45.4 Å². The van der Waals surface area contributed by atoms with Crippen LogP contribution >= 0.6 is 0 Å². The first kappa shape index (κ1) is 27.2.